The van der Waals surface area contributed by atoms with Crippen molar-refractivity contribution in [3.05, 3.63) is 36.7 Å². The zero-order valence-corrected chi connectivity index (χ0v) is 8.77. The van der Waals surface area contributed by atoms with Gasteiger partial charge in [0.25, 0.3) is 0 Å². The number of aryl methyl sites for hydroxylation is 1. The molecule has 0 aliphatic heterocycles. The van der Waals surface area contributed by atoms with E-state index < -0.39 is 0 Å². The highest BCUT2D eigenvalue weighted by Crippen LogP contribution is 2.19. The summed E-state index contributed by atoms with van der Waals surface area (Å²) in [6, 6.07) is 7.74. The van der Waals surface area contributed by atoms with Gasteiger partial charge >= 0.3 is 0 Å². The molecule has 0 spiro atoms. The fourth-order valence-electron chi connectivity index (χ4n) is 1.32. The van der Waals surface area contributed by atoms with Gasteiger partial charge in [-0.05, 0) is 12.1 Å². The molecule has 2 rings (SSSR count). The van der Waals surface area contributed by atoms with Crippen LogP contribution in [0.15, 0.2) is 36.7 Å². The average Bonchev–Trinajstić information content (AvgIpc) is 2.65. The Morgan fingerprint density at radius 2 is 2.27 bits per heavy atom. The molecule has 4 nitrogen and oxygen atoms in total. The Morgan fingerprint density at radius 3 is 2.93 bits per heavy atom. The number of methoxy groups -OCH3 is 1. The van der Waals surface area contributed by atoms with Crippen molar-refractivity contribution in [1.82, 2.24) is 9.55 Å². The number of nitrogens with one attached hydrogen (secondary N) is 1. The topological polar surface area (TPSA) is 39.1 Å². The minimum atomic E-state index is 0.809. The number of rotatable bonds is 3. The van der Waals surface area contributed by atoms with Crippen molar-refractivity contribution in [3.8, 4) is 5.75 Å². The number of hydrogen-bond donors (Lipinski definition) is 1. The summed E-state index contributed by atoms with van der Waals surface area (Å²) in [5, 5.41) is 3.20. The van der Waals surface area contributed by atoms with Crippen molar-refractivity contribution in [2.24, 2.45) is 7.05 Å². The van der Waals surface area contributed by atoms with Gasteiger partial charge in [-0.3, -0.25) is 0 Å². The molecule has 0 radical (unpaired) electrons. The van der Waals surface area contributed by atoms with Gasteiger partial charge in [0.15, 0.2) is 0 Å². The molecule has 0 aliphatic carbocycles. The molecule has 0 saturated heterocycles. The molecule has 1 N–H and O–H groups in total. The molecule has 0 saturated carbocycles. The quantitative estimate of drug-likeness (QED) is 0.831. The summed E-state index contributed by atoms with van der Waals surface area (Å²) in [4.78, 5) is 4.18. The smallest absolute Gasteiger partial charge is 0.207 e. The third-order valence-electron chi connectivity index (χ3n) is 2.15. The number of aromatic nitrogens is 2. The number of anilines is 2. The standard InChI is InChI=1S/C11H13N3O/c1-14-7-6-12-11(14)13-9-4-3-5-10(8-9)15-2/h3-8H,1-2H3,(H,12,13). The van der Waals surface area contributed by atoms with Crippen LogP contribution < -0.4 is 10.1 Å². The maximum absolute atomic E-state index is 5.14. The van der Waals surface area contributed by atoms with Gasteiger partial charge < -0.3 is 14.6 Å². The van der Waals surface area contributed by atoms with Gasteiger partial charge in [0.2, 0.25) is 5.95 Å². The molecule has 0 fully saturated rings. The van der Waals surface area contributed by atoms with Gasteiger partial charge in [-0.15, -0.1) is 0 Å². The predicted molar refractivity (Wildman–Crippen MR) is 59.5 cm³/mol. The van der Waals surface area contributed by atoms with E-state index in [0.717, 1.165) is 17.4 Å². The van der Waals surface area contributed by atoms with Crippen LogP contribution in [0.4, 0.5) is 11.6 Å². The first kappa shape index (κ1) is 9.58. The zero-order valence-electron chi connectivity index (χ0n) is 8.77. The van der Waals surface area contributed by atoms with E-state index in [1.165, 1.54) is 0 Å². The highest BCUT2D eigenvalue weighted by atomic mass is 16.5. The second-order valence-electron chi connectivity index (χ2n) is 3.22. The molecular formula is C11H13N3O. The highest BCUT2D eigenvalue weighted by Gasteiger charge is 2.00. The van der Waals surface area contributed by atoms with E-state index in [4.69, 9.17) is 4.74 Å². The Kier molecular flexibility index (Phi) is 2.58. The highest BCUT2D eigenvalue weighted by molar-refractivity contribution is 5.56. The summed E-state index contributed by atoms with van der Waals surface area (Å²) in [6.45, 7) is 0. The summed E-state index contributed by atoms with van der Waals surface area (Å²) in [6.07, 6.45) is 3.64. The van der Waals surface area contributed by atoms with Crippen molar-refractivity contribution >= 4 is 11.6 Å². The van der Waals surface area contributed by atoms with Gasteiger partial charge in [-0.25, -0.2) is 4.98 Å². The first-order valence-electron chi connectivity index (χ1n) is 4.68. The maximum Gasteiger partial charge on any atom is 0.207 e. The minimum absolute atomic E-state index is 0.809. The molecule has 1 heterocycles. The maximum atomic E-state index is 5.14. The number of nitrogens with zero attached hydrogens (tertiary/aromatic N) is 2. The van der Waals surface area contributed by atoms with E-state index in [2.05, 4.69) is 10.3 Å². The number of ether oxygens (including phenoxy) is 1. The average molecular weight is 203 g/mol. The summed E-state index contributed by atoms with van der Waals surface area (Å²) < 4.78 is 7.05. The predicted octanol–water partition coefficient (Wildman–Crippen LogP) is 2.17. The third-order valence-corrected chi connectivity index (χ3v) is 2.15. The van der Waals surface area contributed by atoms with Crippen LogP contribution in [0, 0.1) is 0 Å². The van der Waals surface area contributed by atoms with Crippen molar-refractivity contribution in [1.29, 1.82) is 0 Å². The zero-order chi connectivity index (χ0) is 10.7. The van der Waals surface area contributed by atoms with E-state index in [-0.39, 0.29) is 0 Å². The molecule has 0 aliphatic rings. The van der Waals surface area contributed by atoms with Gasteiger partial charge in [0.05, 0.1) is 7.11 Å². The van der Waals surface area contributed by atoms with Crippen molar-refractivity contribution in [2.75, 3.05) is 12.4 Å². The van der Waals surface area contributed by atoms with Crippen LogP contribution in [-0.4, -0.2) is 16.7 Å². The van der Waals surface area contributed by atoms with E-state index in [1.54, 1.807) is 13.3 Å². The molecule has 0 bridgehead atoms. The second-order valence-corrected chi connectivity index (χ2v) is 3.22. The van der Waals surface area contributed by atoms with Crippen LogP contribution in [0.2, 0.25) is 0 Å². The number of benzene rings is 1. The summed E-state index contributed by atoms with van der Waals surface area (Å²) in [5.41, 5.74) is 0.962. The lowest BCUT2D eigenvalue weighted by Crippen LogP contribution is -1.98. The molecule has 1 aromatic carbocycles. The Hall–Kier alpha value is -1.97. The van der Waals surface area contributed by atoms with Crippen LogP contribution in [0.25, 0.3) is 0 Å². The lowest BCUT2D eigenvalue weighted by Gasteiger charge is -2.07. The van der Waals surface area contributed by atoms with E-state index in [9.17, 15) is 0 Å². The minimum Gasteiger partial charge on any atom is -0.497 e. The van der Waals surface area contributed by atoms with E-state index >= 15 is 0 Å². The lowest BCUT2D eigenvalue weighted by molar-refractivity contribution is 0.415. The summed E-state index contributed by atoms with van der Waals surface area (Å²) >= 11 is 0. The Balaban J connectivity index is 2.21. The Bertz CT molecular complexity index is 451. The van der Waals surface area contributed by atoms with Crippen molar-refractivity contribution in [2.45, 2.75) is 0 Å². The first-order chi connectivity index (χ1) is 7.29. The molecule has 0 unspecified atom stereocenters. The lowest BCUT2D eigenvalue weighted by atomic mass is 10.3. The number of hydrogen-bond acceptors (Lipinski definition) is 3. The normalized spacial score (nSPS) is 10.0. The molecule has 78 valence electrons. The van der Waals surface area contributed by atoms with E-state index in [1.807, 2.05) is 42.1 Å². The van der Waals surface area contributed by atoms with Gasteiger partial charge in [-0.2, -0.15) is 0 Å². The number of imidazole rings is 1. The van der Waals surface area contributed by atoms with Crippen molar-refractivity contribution < 1.29 is 4.74 Å². The van der Waals surface area contributed by atoms with Crippen molar-refractivity contribution in [3.63, 3.8) is 0 Å². The third kappa shape index (κ3) is 2.10. The molecule has 4 heteroatoms. The summed E-state index contributed by atoms with van der Waals surface area (Å²) in [7, 11) is 3.59. The Morgan fingerprint density at radius 1 is 1.40 bits per heavy atom. The van der Waals surface area contributed by atoms with Crippen LogP contribution in [0.5, 0.6) is 5.75 Å². The van der Waals surface area contributed by atoms with Gasteiger partial charge in [-0.1, -0.05) is 6.07 Å². The largest absolute Gasteiger partial charge is 0.497 e. The van der Waals surface area contributed by atoms with Gasteiger partial charge in [0, 0.05) is 31.2 Å². The summed E-state index contributed by atoms with van der Waals surface area (Å²) in [5.74, 6) is 1.64. The molecular weight excluding hydrogens is 190 g/mol. The second kappa shape index (κ2) is 4.04. The molecule has 2 aromatic rings. The Labute approximate surface area is 88.5 Å². The van der Waals surface area contributed by atoms with E-state index in [0.29, 0.717) is 0 Å². The first-order valence-corrected chi connectivity index (χ1v) is 4.68. The molecule has 15 heavy (non-hydrogen) atoms. The van der Waals surface area contributed by atoms with Crippen LogP contribution in [0.3, 0.4) is 0 Å². The molecule has 1 aromatic heterocycles. The van der Waals surface area contributed by atoms with Gasteiger partial charge in [0.1, 0.15) is 5.75 Å². The van der Waals surface area contributed by atoms with Crippen LogP contribution >= 0.6 is 0 Å². The monoisotopic (exact) mass is 203 g/mol. The molecule has 0 amide bonds. The fourth-order valence-corrected chi connectivity index (χ4v) is 1.32. The molecule has 0 atom stereocenters. The fraction of sp³-hybridized carbons (Fsp3) is 0.182. The van der Waals surface area contributed by atoms with Crippen LogP contribution in [-0.2, 0) is 7.05 Å². The SMILES string of the molecule is COc1cccc(Nc2nccn2C)c1. The van der Waals surface area contributed by atoms with Crippen LogP contribution in [0.1, 0.15) is 0 Å².